The van der Waals surface area contributed by atoms with E-state index in [1.807, 2.05) is 60.7 Å². The highest BCUT2D eigenvalue weighted by molar-refractivity contribution is 6.29. The maximum absolute atomic E-state index is 10.7. The lowest BCUT2D eigenvalue weighted by molar-refractivity contribution is 1.16. The smallest absolute Gasteiger partial charge is 0.160 e. The molecule has 12 aromatic rings. The van der Waals surface area contributed by atoms with Gasteiger partial charge < -0.3 is 9.13 Å². The summed E-state index contributed by atoms with van der Waals surface area (Å²) in [5.41, 5.74) is 15.1. The van der Waals surface area contributed by atoms with Gasteiger partial charge in [0.05, 0.1) is 39.1 Å². The molecule has 0 atom stereocenters. The average molecular weight is 816 g/mol. The number of hydrogen-bond acceptors (Lipinski definition) is 3. The van der Waals surface area contributed by atoms with Crippen LogP contribution in [0.3, 0.4) is 0 Å². The number of fused-ring (bicyclic) bond motifs is 7. The van der Waals surface area contributed by atoms with Gasteiger partial charge in [0.1, 0.15) is 11.6 Å². The van der Waals surface area contributed by atoms with Crippen molar-refractivity contribution in [1.82, 2.24) is 19.1 Å². The summed E-state index contributed by atoms with van der Waals surface area (Å²) in [4.78, 5) is 10.6. The Hall–Kier alpha value is -8.85. The minimum atomic E-state index is 0.439. The van der Waals surface area contributed by atoms with Gasteiger partial charge in [-0.05, 0) is 59.7 Å². The molecule has 0 N–H and O–H groups in total. The Labute approximate surface area is 370 Å². The molecule has 5 nitrogen and oxygen atoms in total. The SMILES string of the molecule is N#Cc1c(-c2ccccc2)nc(-c2cc(-c3ccccc3)c(-n3c4ccccc4c4c5c6ccccc6n(-c6ccccc6)c5ccc43)c(-c3ccccc3)c2)nc1-c1ccccc1. The Morgan fingerprint density at radius 1 is 0.359 bits per heavy atom. The highest BCUT2D eigenvalue weighted by atomic mass is 15.0. The van der Waals surface area contributed by atoms with Gasteiger partial charge in [-0.1, -0.05) is 176 Å². The molecule has 0 aliphatic rings. The summed E-state index contributed by atoms with van der Waals surface area (Å²) in [6.45, 7) is 0. The first-order valence-electron chi connectivity index (χ1n) is 21.5. The van der Waals surface area contributed by atoms with Crippen molar-refractivity contribution in [2.45, 2.75) is 0 Å². The number of aromatic nitrogens is 4. The van der Waals surface area contributed by atoms with Gasteiger partial charge in [-0.25, -0.2) is 9.97 Å². The first-order valence-corrected chi connectivity index (χ1v) is 21.5. The van der Waals surface area contributed by atoms with Crippen LogP contribution in [0, 0.1) is 11.3 Å². The Morgan fingerprint density at radius 3 is 1.22 bits per heavy atom. The number of rotatable bonds is 7. The van der Waals surface area contributed by atoms with Crippen molar-refractivity contribution < 1.29 is 0 Å². The first-order chi connectivity index (χ1) is 31.7. The van der Waals surface area contributed by atoms with Crippen molar-refractivity contribution in [2.24, 2.45) is 0 Å². The number of para-hydroxylation sites is 3. The van der Waals surface area contributed by atoms with Gasteiger partial charge in [0.2, 0.25) is 0 Å². The molecule has 3 heterocycles. The molecule has 298 valence electrons. The fourth-order valence-electron chi connectivity index (χ4n) is 9.60. The van der Waals surface area contributed by atoms with Gasteiger partial charge in [-0.3, -0.25) is 0 Å². The van der Waals surface area contributed by atoms with Crippen LogP contribution in [0.1, 0.15) is 5.56 Å². The van der Waals surface area contributed by atoms with Crippen molar-refractivity contribution in [3.63, 3.8) is 0 Å². The van der Waals surface area contributed by atoms with Crippen LogP contribution in [0.25, 0.3) is 111 Å². The van der Waals surface area contributed by atoms with Crippen molar-refractivity contribution in [3.05, 3.63) is 230 Å². The molecule has 0 fully saturated rings. The van der Waals surface area contributed by atoms with Crippen LogP contribution in [-0.2, 0) is 0 Å². The minimum Gasteiger partial charge on any atom is -0.309 e. The predicted octanol–water partition coefficient (Wildman–Crippen LogP) is 14.9. The van der Waals surface area contributed by atoms with Crippen molar-refractivity contribution in [3.8, 4) is 73.6 Å². The van der Waals surface area contributed by atoms with E-state index in [9.17, 15) is 5.26 Å². The third kappa shape index (κ3) is 5.93. The van der Waals surface area contributed by atoms with Crippen molar-refractivity contribution in [1.29, 1.82) is 5.26 Å². The first kappa shape index (κ1) is 37.0. The quantitative estimate of drug-likeness (QED) is 0.161. The Balaban J connectivity index is 1.22. The normalized spacial score (nSPS) is 11.4. The van der Waals surface area contributed by atoms with Gasteiger partial charge in [-0.2, -0.15) is 5.26 Å². The highest BCUT2D eigenvalue weighted by Crippen LogP contribution is 2.47. The maximum Gasteiger partial charge on any atom is 0.160 e. The largest absolute Gasteiger partial charge is 0.309 e. The lowest BCUT2D eigenvalue weighted by Gasteiger charge is -2.21. The highest BCUT2D eigenvalue weighted by Gasteiger charge is 2.26. The molecule has 9 aromatic carbocycles. The second kappa shape index (κ2) is 15.3. The zero-order valence-corrected chi connectivity index (χ0v) is 34.6. The molecule has 0 aliphatic carbocycles. The monoisotopic (exact) mass is 815 g/mol. The number of benzene rings is 9. The van der Waals surface area contributed by atoms with Crippen LogP contribution < -0.4 is 0 Å². The summed E-state index contributed by atoms with van der Waals surface area (Å²) in [7, 11) is 0. The molecule has 5 heteroatoms. The van der Waals surface area contributed by atoms with Crippen LogP contribution in [0.15, 0.2) is 224 Å². The van der Waals surface area contributed by atoms with E-state index >= 15 is 0 Å². The Kier molecular flexibility index (Phi) is 8.81. The standard InChI is InChI=1S/C59H37N5/c60-38-49-56(41-24-10-3-11-25-41)61-59(62-57(49)42-26-12-4-13-27-42)43-36-47(39-20-6-1-7-21-39)58(48(37-43)40-22-8-2-9-23-40)64-51-33-19-17-31-46(51)55-53(64)35-34-52-54(55)45-30-16-18-32-50(45)63(52)44-28-14-5-15-29-44/h1-37H. The number of hydrogen-bond donors (Lipinski definition) is 0. The molecule has 0 amide bonds. The van der Waals surface area contributed by atoms with Crippen molar-refractivity contribution >= 4 is 43.6 Å². The van der Waals surface area contributed by atoms with Gasteiger partial charge >= 0.3 is 0 Å². The fourth-order valence-corrected chi connectivity index (χ4v) is 9.60. The average Bonchev–Trinajstić information content (AvgIpc) is 3.89. The van der Waals surface area contributed by atoms with Crippen LogP contribution in [0.2, 0.25) is 0 Å². The molecule has 0 spiro atoms. The molecule has 0 bridgehead atoms. The van der Waals surface area contributed by atoms with Crippen LogP contribution in [-0.4, -0.2) is 19.1 Å². The number of nitrogens with zero attached hydrogens (tertiary/aromatic N) is 5. The number of nitriles is 1. The second-order valence-electron chi connectivity index (χ2n) is 16.0. The molecular formula is C59H37N5. The van der Waals surface area contributed by atoms with E-state index in [2.05, 4.69) is 179 Å². The summed E-state index contributed by atoms with van der Waals surface area (Å²) in [6, 6.07) is 80.9. The van der Waals surface area contributed by atoms with E-state index in [1.54, 1.807) is 0 Å². The van der Waals surface area contributed by atoms with E-state index < -0.39 is 0 Å². The minimum absolute atomic E-state index is 0.439. The summed E-state index contributed by atoms with van der Waals surface area (Å²) in [6.07, 6.45) is 0. The second-order valence-corrected chi connectivity index (χ2v) is 16.0. The van der Waals surface area contributed by atoms with E-state index in [-0.39, 0.29) is 0 Å². The molecule has 0 aliphatic heterocycles. The summed E-state index contributed by atoms with van der Waals surface area (Å²) in [5.74, 6) is 0.537. The van der Waals surface area contributed by atoms with Gasteiger partial charge in [0, 0.05) is 55.0 Å². The van der Waals surface area contributed by atoms with Crippen LogP contribution in [0.4, 0.5) is 0 Å². The van der Waals surface area contributed by atoms with Gasteiger partial charge in [0.15, 0.2) is 5.82 Å². The van der Waals surface area contributed by atoms with E-state index in [1.165, 1.54) is 27.1 Å². The topological polar surface area (TPSA) is 59.4 Å². The molecule has 3 aromatic heterocycles. The molecule has 0 saturated carbocycles. The molecular weight excluding hydrogens is 779 g/mol. The van der Waals surface area contributed by atoms with Crippen molar-refractivity contribution in [2.75, 3.05) is 0 Å². The third-order valence-electron chi connectivity index (χ3n) is 12.4. The lowest BCUT2D eigenvalue weighted by Crippen LogP contribution is -2.04. The molecule has 0 radical (unpaired) electrons. The maximum atomic E-state index is 10.7. The van der Waals surface area contributed by atoms with Crippen LogP contribution >= 0.6 is 0 Å². The Bertz CT molecular complexity index is 3630. The van der Waals surface area contributed by atoms with E-state index in [0.29, 0.717) is 22.8 Å². The molecule has 0 unspecified atom stereocenters. The Morgan fingerprint density at radius 2 is 0.750 bits per heavy atom. The summed E-state index contributed by atoms with van der Waals surface area (Å²) < 4.78 is 4.86. The lowest BCUT2D eigenvalue weighted by atomic mass is 9.92. The summed E-state index contributed by atoms with van der Waals surface area (Å²) in [5, 5.41) is 15.5. The molecule has 64 heavy (non-hydrogen) atoms. The third-order valence-corrected chi connectivity index (χ3v) is 12.4. The predicted molar refractivity (Wildman–Crippen MR) is 263 cm³/mol. The van der Waals surface area contributed by atoms with Crippen LogP contribution in [0.5, 0.6) is 0 Å². The van der Waals surface area contributed by atoms with E-state index in [0.717, 1.165) is 66.9 Å². The van der Waals surface area contributed by atoms with Gasteiger partial charge in [-0.15, -0.1) is 0 Å². The fraction of sp³-hybridized carbons (Fsp3) is 0. The van der Waals surface area contributed by atoms with Gasteiger partial charge in [0.25, 0.3) is 0 Å². The molecule has 0 saturated heterocycles. The zero-order valence-electron chi connectivity index (χ0n) is 34.6. The molecule has 12 rings (SSSR count). The zero-order chi connectivity index (χ0) is 42.6. The van der Waals surface area contributed by atoms with E-state index in [4.69, 9.17) is 9.97 Å². The summed E-state index contributed by atoms with van der Waals surface area (Å²) >= 11 is 0.